The van der Waals surface area contributed by atoms with Gasteiger partial charge in [-0.1, -0.05) is 12.2 Å². The van der Waals surface area contributed by atoms with Crippen LogP contribution < -0.4 is 0 Å². The topological polar surface area (TPSA) is 34.1 Å². The number of hydrogen-bond donors (Lipinski definition) is 0. The molecule has 1 aliphatic carbocycles. The highest BCUT2D eigenvalue weighted by Crippen LogP contribution is 2.21. The van der Waals surface area contributed by atoms with Crippen LogP contribution in [0, 0.1) is 11.8 Å². The van der Waals surface area contributed by atoms with E-state index in [-0.39, 0.29) is 11.8 Å². The van der Waals surface area contributed by atoms with Gasteiger partial charge in [0.1, 0.15) is 12.6 Å². The van der Waals surface area contributed by atoms with Gasteiger partial charge < -0.3 is 9.59 Å². The van der Waals surface area contributed by atoms with E-state index in [1.807, 2.05) is 12.2 Å². The minimum Gasteiger partial charge on any atom is -0.303 e. The van der Waals surface area contributed by atoms with Crippen LogP contribution in [-0.4, -0.2) is 12.6 Å². The van der Waals surface area contributed by atoms with Crippen molar-refractivity contribution in [2.75, 3.05) is 0 Å². The van der Waals surface area contributed by atoms with Crippen molar-refractivity contribution in [3.8, 4) is 0 Å². The summed E-state index contributed by atoms with van der Waals surface area (Å²) in [5, 5.41) is 0. The molecule has 0 radical (unpaired) electrons. The van der Waals surface area contributed by atoms with Crippen LogP contribution in [0.5, 0.6) is 0 Å². The van der Waals surface area contributed by atoms with Crippen molar-refractivity contribution in [2.24, 2.45) is 11.8 Å². The lowest BCUT2D eigenvalue weighted by atomic mass is 9.85. The smallest absolute Gasteiger partial charge is 0.124 e. The third-order valence-electron chi connectivity index (χ3n) is 1.88. The van der Waals surface area contributed by atoms with Gasteiger partial charge in [-0.2, -0.15) is 0 Å². The van der Waals surface area contributed by atoms with Crippen molar-refractivity contribution in [2.45, 2.75) is 12.8 Å². The average Bonchev–Trinajstić information content (AvgIpc) is 2.04. The van der Waals surface area contributed by atoms with Gasteiger partial charge in [-0.25, -0.2) is 0 Å². The highest BCUT2D eigenvalue weighted by molar-refractivity contribution is 5.65. The summed E-state index contributed by atoms with van der Waals surface area (Å²) in [4.78, 5) is 20.7. The first-order chi connectivity index (χ1) is 4.88. The number of rotatable bonds is 2. The van der Waals surface area contributed by atoms with E-state index in [0.717, 1.165) is 25.4 Å². The van der Waals surface area contributed by atoms with Crippen LogP contribution in [0.2, 0.25) is 0 Å². The van der Waals surface area contributed by atoms with Crippen LogP contribution in [0.15, 0.2) is 12.2 Å². The zero-order chi connectivity index (χ0) is 7.40. The standard InChI is InChI=1S/C8H10O2/c9-5-7-3-1-2-4-8(7)6-10/h1-2,5-8H,3-4H2. The lowest BCUT2D eigenvalue weighted by Crippen LogP contribution is -2.18. The zero-order valence-electron chi connectivity index (χ0n) is 5.69. The first kappa shape index (κ1) is 7.19. The number of aldehydes is 2. The molecule has 2 atom stereocenters. The first-order valence-corrected chi connectivity index (χ1v) is 3.44. The van der Waals surface area contributed by atoms with Crippen molar-refractivity contribution in [1.82, 2.24) is 0 Å². The van der Waals surface area contributed by atoms with Gasteiger partial charge in [0.05, 0.1) is 0 Å². The van der Waals surface area contributed by atoms with Crippen molar-refractivity contribution >= 4 is 12.6 Å². The van der Waals surface area contributed by atoms with Gasteiger partial charge in [-0.3, -0.25) is 0 Å². The fraction of sp³-hybridized carbons (Fsp3) is 0.500. The largest absolute Gasteiger partial charge is 0.303 e. The predicted octanol–water partition coefficient (Wildman–Crippen LogP) is 0.967. The molecule has 0 heterocycles. The Labute approximate surface area is 59.9 Å². The highest BCUT2D eigenvalue weighted by Gasteiger charge is 2.20. The number of allylic oxidation sites excluding steroid dienone is 2. The minimum atomic E-state index is -0.0671. The fourth-order valence-electron chi connectivity index (χ4n) is 1.17. The van der Waals surface area contributed by atoms with Crippen LogP contribution in [0.1, 0.15) is 12.8 Å². The summed E-state index contributed by atoms with van der Waals surface area (Å²) in [5.41, 5.74) is 0. The Morgan fingerprint density at radius 1 is 1.00 bits per heavy atom. The lowest BCUT2D eigenvalue weighted by molar-refractivity contribution is -0.119. The zero-order valence-corrected chi connectivity index (χ0v) is 5.69. The molecule has 0 aromatic rings. The van der Waals surface area contributed by atoms with Crippen molar-refractivity contribution in [1.29, 1.82) is 0 Å². The summed E-state index contributed by atoms with van der Waals surface area (Å²) in [6.07, 6.45) is 7.13. The molecule has 0 fully saturated rings. The van der Waals surface area contributed by atoms with Crippen molar-refractivity contribution in [3.63, 3.8) is 0 Å². The normalized spacial score (nSPS) is 31.6. The maximum atomic E-state index is 10.3. The van der Waals surface area contributed by atoms with E-state index in [4.69, 9.17) is 0 Å². The summed E-state index contributed by atoms with van der Waals surface area (Å²) < 4.78 is 0. The van der Waals surface area contributed by atoms with E-state index in [1.54, 1.807) is 0 Å². The second kappa shape index (κ2) is 3.30. The molecule has 0 saturated carbocycles. The minimum absolute atomic E-state index is 0.0671. The second-order valence-electron chi connectivity index (χ2n) is 2.54. The average molecular weight is 138 g/mol. The molecular formula is C8H10O2. The van der Waals surface area contributed by atoms with Gasteiger partial charge in [-0.05, 0) is 12.8 Å². The first-order valence-electron chi connectivity index (χ1n) is 3.44. The Morgan fingerprint density at radius 2 is 1.40 bits per heavy atom. The predicted molar refractivity (Wildman–Crippen MR) is 37.5 cm³/mol. The molecule has 0 N–H and O–H groups in total. The Hall–Kier alpha value is -0.920. The van der Waals surface area contributed by atoms with E-state index < -0.39 is 0 Å². The summed E-state index contributed by atoms with van der Waals surface area (Å²) in [6, 6.07) is 0. The summed E-state index contributed by atoms with van der Waals surface area (Å²) in [7, 11) is 0. The number of carbonyl (C=O) groups excluding carboxylic acids is 2. The molecule has 2 unspecified atom stereocenters. The molecule has 0 saturated heterocycles. The SMILES string of the molecule is O=CC1CC=CCC1C=O. The van der Waals surface area contributed by atoms with E-state index in [1.165, 1.54) is 0 Å². The van der Waals surface area contributed by atoms with Crippen LogP contribution in [0.25, 0.3) is 0 Å². The molecule has 54 valence electrons. The third kappa shape index (κ3) is 1.32. The number of carbonyl (C=O) groups is 2. The van der Waals surface area contributed by atoms with Crippen LogP contribution in [-0.2, 0) is 9.59 Å². The summed E-state index contributed by atoms with van der Waals surface area (Å²) in [5.74, 6) is -0.134. The second-order valence-corrected chi connectivity index (χ2v) is 2.54. The van der Waals surface area contributed by atoms with Crippen LogP contribution in [0.4, 0.5) is 0 Å². The third-order valence-corrected chi connectivity index (χ3v) is 1.88. The van der Waals surface area contributed by atoms with Gasteiger partial charge in [0.25, 0.3) is 0 Å². The molecule has 0 bridgehead atoms. The lowest BCUT2D eigenvalue weighted by Gasteiger charge is -2.17. The molecule has 0 amide bonds. The van der Waals surface area contributed by atoms with E-state index in [2.05, 4.69) is 0 Å². The van der Waals surface area contributed by atoms with E-state index >= 15 is 0 Å². The van der Waals surface area contributed by atoms with Gasteiger partial charge >= 0.3 is 0 Å². The molecule has 10 heavy (non-hydrogen) atoms. The molecular weight excluding hydrogens is 128 g/mol. The molecule has 1 rings (SSSR count). The van der Waals surface area contributed by atoms with Gasteiger partial charge in [0, 0.05) is 11.8 Å². The van der Waals surface area contributed by atoms with Crippen molar-refractivity contribution in [3.05, 3.63) is 12.2 Å². The molecule has 2 nitrogen and oxygen atoms in total. The quantitative estimate of drug-likeness (QED) is 0.421. The van der Waals surface area contributed by atoms with E-state index in [0.29, 0.717) is 0 Å². The van der Waals surface area contributed by atoms with E-state index in [9.17, 15) is 9.59 Å². The Balaban J connectivity index is 2.61. The molecule has 1 aliphatic rings. The maximum Gasteiger partial charge on any atom is 0.124 e. The monoisotopic (exact) mass is 138 g/mol. The van der Waals surface area contributed by atoms with Crippen LogP contribution >= 0.6 is 0 Å². The van der Waals surface area contributed by atoms with Crippen molar-refractivity contribution < 1.29 is 9.59 Å². The summed E-state index contributed by atoms with van der Waals surface area (Å²) >= 11 is 0. The molecule has 0 aromatic heterocycles. The highest BCUT2D eigenvalue weighted by atomic mass is 16.1. The molecule has 0 spiro atoms. The molecule has 2 heteroatoms. The molecule has 0 aromatic carbocycles. The van der Waals surface area contributed by atoms with Gasteiger partial charge in [0.2, 0.25) is 0 Å². The Bertz CT molecular complexity index is 143. The maximum absolute atomic E-state index is 10.3. The molecule has 0 aliphatic heterocycles. The van der Waals surface area contributed by atoms with Crippen LogP contribution in [0.3, 0.4) is 0 Å². The summed E-state index contributed by atoms with van der Waals surface area (Å²) in [6.45, 7) is 0. The Morgan fingerprint density at radius 3 is 1.70 bits per heavy atom. The fourth-order valence-corrected chi connectivity index (χ4v) is 1.17. The number of hydrogen-bond acceptors (Lipinski definition) is 2. The Kier molecular flexibility index (Phi) is 2.37. The van der Waals surface area contributed by atoms with Gasteiger partial charge in [0.15, 0.2) is 0 Å². The van der Waals surface area contributed by atoms with Gasteiger partial charge in [-0.15, -0.1) is 0 Å².